The van der Waals surface area contributed by atoms with E-state index in [1.54, 1.807) is 24.3 Å². The minimum absolute atomic E-state index is 0.108. The van der Waals surface area contributed by atoms with Crippen molar-refractivity contribution >= 4 is 11.6 Å². The van der Waals surface area contributed by atoms with E-state index in [4.69, 9.17) is 15.0 Å². The number of aliphatic hydroxyl groups excluding tert-OH is 1. The molecule has 1 fully saturated rings. The van der Waals surface area contributed by atoms with Crippen molar-refractivity contribution in [3.8, 4) is 5.75 Å². The van der Waals surface area contributed by atoms with Crippen molar-refractivity contribution in [1.29, 1.82) is 0 Å². The lowest BCUT2D eigenvalue weighted by Crippen LogP contribution is -2.54. The van der Waals surface area contributed by atoms with Crippen LogP contribution in [0.2, 0.25) is 0 Å². The quantitative estimate of drug-likeness (QED) is 0.489. The summed E-state index contributed by atoms with van der Waals surface area (Å²) in [5.41, 5.74) is 9.37. The maximum atomic E-state index is 11.0. The average Bonchev–Trinajstić information content (AvgIpc) is 2.55. The van der Waals surface area contributed by atoms with Crippen LogP contribution >= 0.6 is 0 Å². The number of aliphatic hydroxyl groups is 1. The molecule has 2 rings (SSSR count). The number of hydrogen-bond donors (Lipinski definition) is 2. The van der Waals surface area contributed by atoms with Crippen molar-refractivity contribution in [2.75, 3.05) is 5.32 Å². The van der Waals surface area contributed by atoms with E-state index >= 15 is 0 Å². The van der Waals surface area contributed by atoms with Crippen molar-refractivity contribution in [2.45, 2.75) is 51.7 Å². The van der Waals surface area contributed by atoms with Crippen molar-refractivity contribution < 1.29 is 19.4 Å². The summed E-state index contributed by atoms with van der Waals surface area (Å²) in [6.07, 6.45) is -1.44. The van der Waals surface area contributed by atoms with Crippen LogP contribution in [0.15, 0.2) is 29.4 Å². The van der Waals surface area contributed by atoms with Crippen LogP contribution in [0.3, 0.4) is 0 Å². The van der Waals surface area contributed by atoms with Crippen LogP contribution in [0.5, 0.6) is 5.75 Å². The summed E-state index contributed by atoms with van der Waals surface area (Å²) in [5.74, 6) is 0.215. The Hall–Kier alpha value is -2.28. The predicted molar refractivity (Wildman–Crippen MR) is 88.4 cm³/mol. The Bertz CT molecular complexity index is 615. The highest BCUT2D eigenvalue weighted by Gasteiger charge is 2.43. The van der Waals surface area contributed by atoms with Crippen molar-refractivity contribution in [3.05, 3.63) is 34.7 Å². The van der Waals surface area contributed by atoms with Gasteiger partial charge in [0, 0.05) is 17.5 Å². The third kappa shape index (κ3) is 4.17. The van der Waals surface area contributed by atoms with Crippen LogP contribution in [0.4, 0.5) is 5.69 Å². The number of carbonyl (C=O) groups excluding carboxylic acids is 1. The first-order valence-electron chi connectivity index (χ1n) is 7.88. The molecule has 0 saturated carbocycles. The zero-order valence-electron chi connectivity index (χ0n) is 13.9. The van der Waals surface area contributed by atoms with Gasteiger partial charge < -0.3 is 19.9 Å². The smallest absolute Gasteiger partial charge is 0.226 e. The standard InChI is InChI=1S/C16H22N4O4/c1-4-13-9(2)14(19-20-17)15(22)16(24-13)23-12-7-5-11(6-8-12)18-10(3)21/h5-9,13-16,22H,4H2,1-3H3,(H,18,21)/t9-,13-,14-,15+,16+/m1/s1. The molecule has 5 atom stereocenters. The van der Waals surface area contributed by atoms with E-state index in [9.17, 15) is 9.90 Å². The summed E-state index contributed by atoms with van der Waals surface area (Å²) in [6.45, 7) is 5.28. The maximum absolute atomic E-state index is 11.0. The molecular weight excluding hydrogens is 312 g/mol. The van der Waals surface area contributed by atoms with E-state index in [1.165, 1.54) is 6.92 Å². The van der Waals surface area contributed by atoms with Gasteiger partial charge in [-0.1, -0.05) is 19.0 Å². The number of benzene rings is 1. The molecule has 0 aliphatic carbocycles. The molecule has 0 radical (unpaired) electrons. The summed E-state index contributed by atoms with van der Waals surface area (Å²) in [4.78, 5) is 13.8. The number of nitrogens with zero attached hydrogens (tertiary/aromatic N) is 3. The summed E-state index contributed by atoms with van der Waals surface area (Å²) in [7, 11) is 0. The molecule has 1 aliphatic rings. The van der Waals surface area contributed by atoms with E-state index in [-0.39, 0.29) is 17.9 Å². The van der Waals surface area contributed by atoms with Crippen molar-refractivity contribution in [3.63, 3.8) is 0 Å². The number of amides is 1. The molecule has 0 spiro atoms. The predicted octanol–water partition coefficient (Wildman–Crippen LogP) is 2.83. The van der Waals surface area contributed by atoms with Crippen LogP contribution < -0.4 is 10.1 Å². The first-order chi connectivity index (χ1) is 11.5. The summed E-state index contributed by atoms with van der Waals surface area (Å²) in [6, 6.07) is 6.11. The minimum Gasteiger partial charge on any atom is -0.462 e. The van der Waals surface area contributed by atoms with Gasteiger partial charge >= 0.3 is 0 Å². The van der Waals surface area contributed by atoms with Crippen molar-refractivity contribution in [1.82, 2.24) is 0 Å². The number of azide groups is 1. The Morgan fingerprint density at radius 3 is 2.67 bits per heavy atom. The Labute approximate surface area is 140 Å². The Morgan fingerprint density at radius 1 is 1.46 bits per heavy atom. The number of ether oxygens (including phenoxy) is 2. The number of carbonyl (C=O) groups is 1. The van der Waals surface area contributed by atoms with Crippen LogP contribution in [0.1, 0.15) is 27.2 Å². The van der Waals surface area contributed by atoms with Crippen LogP contribution in [0.25, 0.3) is 10.4 Å². The molecule has 1 aromatic carbocycles. The molecular formula is C16H22N4O4. The Balaban J connectivity index is 2.12. The van der Waals surface area contributed by atoms with Crippen LogP contribution in [0, 0.1) is 5.92 Å². The first-order valence-corrected chi connectivity index (χ1v) is 7.88. The average molecular weight is 334 g/mol. The lowest BCUT2D eigenvalue weighted by Gasteiger charge is -2.41. The van der Waals surface area contributed by atoms with Gasteiger partial charge in [0.15, 0.2) is 0 Å². The molecule has 0 unspecified atom stereocenters. The summed E-state index contributed by atoms with van der Waals surface area (Å²) >= 11 is 0. The zero-order valence-corrected chi connectivity index (χ0v) is 13.9. The van der Waals surface area contributed by atoms with E-state index in [0.717, 1.165) is 0 Å². The molecule has 0 bridgehead atoms. The fourth-order valence-corrected chi connectivity index (χ4v) is 2.82. The molecule has 1 saturated heterocycles. The molecule has 8 heteroatoms. The lowest BCUT2D eigenvalue weighted by molar-refractivity contribution is -0.225. The second kappa shape index (κ2) is 8.01. The van der Waals surface area contributed by atoms with Crippen LogP contribution in [-0.4, -0.2) is 35.6 Å². The molecule has 0 aromatic heterocycles. The fourth-order valence-electron chi connectivity index (χ4n) is 2.82. The highest BCUT2D eigenvalue weighted by Crippen LogP contribution is 2.31. The number of anilines is 1. The second-order valence-electron chi connectivity index (χ2n) is 5.82. The SMILES string of the molecule is CC[C@H]1O[C@H](Oc2ccc(NC(C)=O)cc2)[C@@H](O)[C@H](N=[N+]=[N-])[C@@H]1C. The molecule has 1 amide bonds. The van der Waals surface area contributed by atoms with E-state index < -0.39 is 18.4 Å². The monoisotopic (exact) mass is 334 g/mol. The van der Waals surface area contributed by atoms with E-state index in [1.807, 2.05) is 13.8 Å². The fraction of sp³-hybridized carbons (Fsp3) is 0.562. The second-order valence-corrected chi connectivity index (χ2v) is 5.82. The van der Waals surface area contributed by atoms with Gasteiger partial charge in [0.05, 0.1) is 12.1 Å². The van der Waals surface area contributed by atoms with E-state index in [0.29, 0.717) is 17.9 Å². The van der Waals surface area contributed by atoms with Gasteiger partial charge in [-0.3, -0.25) is 4.79 Å². The molecule has 1 heterocycles. The number of nitrogens with one attached hydrogen (secondary N) is 1. The molecule has 1 aliphatic heterocycles. The summed E-state index contributed by atoms with van der Waals surface area (Å²) < 4.78 is 11.5. The minimum atomic E-state index is -1.06. The van der Waals surface area contributed by atoms with Gasteiger partial charge in [-0.15, -0.1) is 0 Å². The van der Waals surface area contributed by atoms with Crippen LogP contribution in [-0.2, 0) is 9.53 Å². The summed E-state index contributed by atoms with van der Waals surface area (Å²) in [5, 5.41) is 16.8. The van der Waals surface area contributed by atoms with E-state index in [2.05, 4.69) is 15.3 Å². The highest BCUT2D eigenvalue weighted by atomic mass is 16.7. The molecule has 1 aromatic rings. The van der Waals surface area contributed by atoms with Gasteiger partial charge in [-0.05, 0) is 42.1 Å². The molecule has 8 nitrogen and oxygen atoms in total. The largest absolute Gasteiger partial charge is 0.462 e. The lowest BCUT2D eigenvalue weighted by atomic mass is 9.87. The molecule has 2 N–H and O–H groups in total. The first kappa shape index (κ1) is 18.1. The Kier molecular flexibility index (Phi) is 6.03. The van der Waals surface area contributed by atoms with Gasteiger partial charge in [-0.2, -0.15) is 0 Å². The zero-order chi connectivity index (χ0) is 17.7. The van der Waals surface area contributed by atoms with Gasteiger partial charge in [0.1, 0.15) is 11.9 Å². The normalized spacial score (nSPS) is 29.4. The maximum Gasteiger partial charge on any atom is 0.226 e. The van der Waals surface area contributed by atoms with Gasteiger partial charge in [0.25, 0.3) is 0 Å². The number of hydrogen-bond acceptors (Lipinski definition) is 5. The Morgan fingerprint density at radius 2 is 2.12 bits per heavy atom. The van der Waals surface area contributed by atoms with Gasteiger partial charge in [-0.25, -0.2) is 0 Å². The van der Waals surface area contributed by atoms with Gasteiger partial charge in [0.2, 0.25) is 12.2 Å². The van der Waals surface area contributed by atoms with Crippen molar-refractivity contribution in [2.24, 2.45) is 11.0 Å². The third-order valence-corrected chi connectivity index (χ3v) is 4.08. The number of rotatable bonds is 5. The highest BCUT2D eigenvalue weighted by molar-refractivity contribution is 5.88. The topological polar surface area (TPSA) is 117 Å². The molecule has 24 heavy (non-hydrogen) atoms. The third-order valence-electron chi connectivity index (χ3n) is 4.08. The molecule has 130 valence electrons.